The largest absolute Gasteiger partial charge is 0.497 e. The number of aromatic nitrogens is 2. The molecule has 1 aliphatic heterocycles. The van der Waals surface area contributed by atoms with Crippen LogP contribution in [0.5, 0.6) is 17.2 Å². The molecule has 13 nitrogen and oxygen atoms in total. The second kappa shape index (κ2) is 17.4. The Morgan fingerprint density at radius 1 is 0.843 bits per heavy atom. The Kier molecular flexibility index (Phi) is 12.5. The molecule has 2 atom stereocenters. The quantitative estimate of drug-likeness (QED) is 0.234. The lowest BCUT2D eigenvalue weighted by Crippen LogP contribution is -2.50. The zero-order chi connectivity index (χ0) is 36.3. The van der Waals surface area contributed by atoms with E-state index in [9.17, 15) is 24.0 Å². The van der Waals surface area contributed by atoms with Crippen molar-refractivity contribution in [3.8, 4) is 17.2 Å². The SMILES string of the molecule is CC[C@H](C)[C@@H]1NC(=O)CCCN(C(=O)c2ccc(Oc3ccc(OC)cc3)cc2)CCCNC(=O)c2ccc3[nH]c(=O)n(c3c2)CCCNC1=O. The van der Waals surface area contributed by atoms with Crippen LogP contribution in [0.3, 0.4) is 0 Å². The Bertz CT molecular complexity index is 1880. The van der Waals surface area contributed by atoms with Crippen LogP contribution in [0.2, 0.25) is 0 Å². The number of ether oxygens (including phenoxy) is 2. The lowest BCUT2D eigenvalue weighted by molar-refractivity contribution is -0.130. The number of carbonyl (C=O) groups excluding carboxylic acids is 4. The first-order valence-corrected chi connectivity index (χ1v) is 17.5. The Labute approximate surface area is 296 Å². The summed E-state index contributed by atoms with van der Waals surface area (Å²) in [6, 6.07) is 18.3. The molecule has 0 aliphatic carbocycles. The normalized spacial score (nSPS) is 17.5. The number of amides is 4. The Morgan fingerprint density at radius 2 is 1.49 bits per heavy atom. The monoisotopic (exact) mass is 698 g/mol. The van der Waals surface area contributed by atoms with Crippen LogP contribution in [0.25, 0.3) is 11.0 Å². The molecule has 51 heavy (non-hydrogen) atoms. The van der Waals surface area contributed by atoms with Gasteiger partial charge in [-0.15, -0.1) is 0 Å². The van der Waals surface area contributed by atoms with E-state index in [1.165, 1.54) is 0 Å². The van der Waals surface area contributed by atoms with E-state index >= 15 is 0 Å². The topological polar surface area (TPSA) is 164 Å². The first-order valence-electron chi connectivity index (χ1n) is 17.5. The van der Waals surface area contributed by atoms with Crippen LogP contribution < -0.4 is 31.1 Å². The molecule has 0 saturated heterocycles. The summed E-state index contributed by atoms with van der Waals surface area (Å²) in [6.07, 6.45) is 2.13. The number of benzene rings is 3. The summed E-state index contributed by atoms with van der Waals surface area (Å²) in [5, 5.41) is 8.73. The van der Waals surface area contributed by atoms with Gasteiger partial charge in [0.25, 0.3) is 11.8 Å². The van der Waals surface area contributed by atoms with Crippen molar-refractivity contribution >= 4 is 34.7 Å². The highest BCUT2D eigenvalue weighted by molar-refractivity contribution is 5.97. The van der Waals surface area contributed by atoms with E-state index in [1.807, 2.05) is 13.8 Å². The van der Waals surface area contributed by atoms with Crippen LogP contribution >= 0.6 is 0 Å². The van der Waals surface area contributed by atoms with Crippen LogP contribution in [0, 0.1) is 5.92 Å². The lowest BCUT2D eigenvalue weighted by Gasteiger charge is -2.25. The molecule has 2 heterocycles. The molecule has 13 heteroatoms. The number of aromatic amines is 1. The molecule has 3 aromatic carbocycles. The second-order valence-electron chi connectivity index (χ2n) is 12.7. The predicted molar refractivity (Wildman–Crippen MR) is 193 cm³/mol. The van der Waals surface area contributed by atoms with Gasteiger partial charge in [0, 0.05) is 50.3 Å². The number of fused-ring (bicyclic) bond motifs is 1. The molecule has 0 fully saturated rings. The molecule has 0 radical (unpaired) electrons. The Balaban J connectivity index is 1.32. The van der Waals surface area contributed by atoms with E-state index in [4.69, 9.17) is 9.47 Å². The van der Waals surface area contributed by atoms with Crippen LogP contribution in [0.1, 0.15) is 66.7 Å². The van der Waals surface area contributed by atoms with Gasteiger partial charge in [0.15, 0.2) is 0 Å². The van der Waals surface area contributed by atoms with Gasteiger partial charge in [-0.05, 0) is 91.9 Å². The van der Waals surface area contributed by atoms with E-state index < -0.39 is 6.04 Å². The number of imidazole rings is 1. The van der Waals surface area contributed by atoms with Gasteiger partial charge in [-0.3, -0.25) is 23.7 Å². The zero-order valence-electron chi connectivity index (χ0n) is 29.3. The molecule has 4 N–H and O–H groups in total. The molecule has 4 amide bonds. The van der Waals surface area contributed by atoms with Crippen molar-refractivity contribution in [1.29, 1.82) is 0 Å². The van der Waals surface area contributed by atoms with Gasteiger partial charge in [0.05, 0.1) is 18.1 Å². The predicted octanol–water partition coefficient (Wildman–Crippen LogP) is 4.22. The molecule has 0 spiro atoms. The first-order chi connectivity index (χ1) is 24.7. The van der Waals surface area contributed by atoms with E-state index in [-0.39, 0.29) is 41.7 Å². The molecule has 270 valence electrons. The lowest BCUT2D eigenvalue weighted by atomic mass is 9.98. The van der Waals surface area contributed by atoms with Crippen molar-refractivity contribution in [3.63, 3.8) is 0 Å². The Hall–Kier alpha value is -5.59. The van der Waals surface area contributed by atoms with Crippen LogP contribution in [0.4, 0.5) is 0 Å². The maximum atomic E-state index is 13.7. The third kappa shape index (κ3) is 9.56. The number of methoxy groups -OCH3 is 1. The summed E-state index contributed by atoms with van der Waals surface area (Å²) in [7, 11) is 1.59. The average molecular weight is 699 g/mol. The van der Waals surface area contributed by atoms with Crippen molar-refractivity contribution in [3.05, 3.63) is 88.3 Å². The standard InChI is InChI=1S/C38H46N6O7/c1-4-25(2)34-36(47)40-20-7-23-44-32-24-27(11-18-31(32)41-38(44)49)35(46)39-19-6-22-43(21-5-8-33(45)42-34)37(48)26-9-12-29(13-10-26)51-30-16-14-28(50-3)15-17-30/h9-18,24-25,34H,4-8,19-23H2,1-3H3,(H,39,46)(H,40,47)(H,41,49)(H,42,45)/t25-,34-/m0/s1. The number of rotatable bonds is 6. The number of nitrogens with zero attached hydrogens (tertiary/aromatic N) is 2. The highest BCUT2D eigenvalue weighted by Crippen LogP contribution is 2.24. The number of H-pyrrole nitrogens is 1. The molecule has 0 saturated carbocycles. The van der Waals surface area contributed by atoms with Crippen molar-refractivity contribution in [1.82, 2.24) is 30.4 Å². The summed E-state index contributed by atoms with van der Waals surface area (Å²) >= 11 is 0. The fourth-order valence-electron chi connectivity index (χ4n) is 5.97. The van der Waals surface area contributed by atoms with E-state index in [2.05, 4.69) is 20.9 Å². The van der Waals surface area contributed by atoms with Crippen molar-refractivity contribution < 1.29 is 28.7 Å². The molecule has 1 aromatic heterocycles. The van der Waals surface area contributed by atoms with Gasteiger partial charge in [-0.2, -0.15) is 0 Å². The molecular weight excluding hydrogens is 652 g/mol. The summed E-state index contributed by atoms with van der Waals surface area (Å²) in [5.41, 5.74) is 1.75. The fraction of sp³-hybridized carbons (Fsp3) is 0.395. The summed E-state index contributed by atoms with van der Waals surface area (Å²) < 4.78 is 12.7. The summed E-state index contributed by atoms with van der Waals surface area (Å²) in [4.78, 5) is 70.3. The average Bonchev–Trinajstić information content (AvgIpc) is 3.46. The molecule has 5 rings (SSSR count). The van der Waals surface area contributed by atoms with E-state index in [0.717, 1.165) is 0 Å². The summed E-state index contributed by atoms with van der Waals surface area (Å²) in [5.74, 6) is 0.716. The van der Waals surface area contributed by atoms with Gasteiger partial charge in [-0.25, -0.2) is 4.79 Å². The summed E-state index contributed by atoms with van der Waals surface area (Å²) in [6.45, 7) is 5.44. The molecule has 1 aliphatic rings. The van der Waals surface area contributed by atoms with Gasteiger partial charge in [0.1, 0.15) is 23.3 Å². The minimum atomic E-state index is -0.719. The zero-order valence-corrected chi connectivity index (χ0v) is 29.3. The maximum absolute atomic E-state index is 13.7. The molecule has 0 unspecified atom stereocenters. The van der Waals surface area contributed by atoms with Gasteiger partial charge in [-0.1, -0.05) is 20.3 Å². The Morgan fingerprint density at radius 3 is 2.20 bits per heavy atom. The third-order valence-corrected chi connectivity index (χ3v) is 9.11. The molecule has 4 aromatic rings. The van der Waals surface area contributed by atoms with Gasteiger partial charge < -0.3 is 35.3 Å². The molecular formula is C38H46N6O7. The van der Waals surface area contributed by atoms with Gasteiger partial charge in [0.2, 0.25) is 11.8 Å². The van der Waals surface area contributed by atoms with Crippen LogP contribution in [-0.4, -0.2) is 77.4 Å². The number of nitrogens with one attached hydrogen (secondary N) is 4. The highest BCUT2D eigenvalue weighted by Gasteiger charge is 2.26. The molecule has 2 bridgehead atoms. The number of hydrogen-bond donors (Lipinski definition) is 4. The minimum Gasteiger partial charge on any atom is -0.497 e. The number of aryl methyl sites for hydroxylation is 1. The maximum Gasteiger partial charge on any atom is 0.326 e. The minimum absolute atomic E-state index is 0.106. The van der Waals surface area contributed by atoms with E-state index in [1.54, 1.807) is 83.3 Å². The third-order valence-electron chi connectivity index (χ3n) is 9.11. The fourth-order valence-corrected chi connectivity index (χ4v) is 5.97. The van der Waals surface area contributed by atoms with Crippen molar-refractivity contribution in [2.45, 2.75) is 58.5 Å². The number of carbonyl (C=O) groups is 4. The van der Waals surface area contributed by atoms with Crippen molar-refractivity contribution in [2.75, 3.05) is 33.3 Å². The van der Waals surface area contributed by atoms with Crippen molar-refractivity contribution in [2.24, 2.45) is 5.92 Å². The van der Waals surface area contributed by atoms with E-state index in [0.29, 0.717) is 97.8 Å². The second-order valence-corrected chi connectivity index (χ2v) is 12.7. The first kappa shape index (κ1) is 36.7. The number of hydrogen-bond acceptors (Lipinski definition) is 7. The van der Waals surface area contributed by atoms with Crippen LogP contribution in [0.15, 0.2) is 71.5 Å². The highest BCUT2D eigenvalue weighted by atomic mass is 16.5. The smallest absolute Gasteiger partial charge is 0.326 e. The van der Waals surface area contributed by atoms with Crippen LogP contribution in [-0.2, 0) is 16.1 Å². The van der Waals surface area contributed by atoms with Gasteiger partial charge >= 0.3 is 5.69 Å².